The molecule has 0 saturated heterocycles. The maximum Gasteiger partial charge on any atom is 0.523 e. The minimum Gasteiger partial charge on any atom is -0.490 e. The number of halogens is 3. The van der Waals surface area contributed by atoms with Gasteiger partial charge in [0.05, 0.1) is 19.8 Å². The Kier molecular flexibility index (Phi) is 4.09. The highest BCUT2D eigenvalue weighted by Gasteiger charge is 2.47. The highest BCUT2D eigenvalue weighted by molar-refractivity contribution is 7.87. The van der Waals surface area contributed by atoms with Gasteiger partial charge in [-0.2, -0.15) is 21.6 Å². The van der Waals surface area contributed by atoms with Crippen molar-refractivity contribution in [1.82, 2.24) is 0 Å². The Balaban J connectivity index is 2.10. The average Bonchev–Trinajstić information content (AvgIpc) is 2.59. The van der Waals surface area contributed by atoms with E-state index in [0.29, 0.717) is 31.1 Å². The monoisotopic (exact) mass is 312 g/mol. The van der Waals surface area contributed by atoms with Crippen molar-refractivity contribution in [3.63, 3.8) is 0 Å². The summed E-state index contributed by atoms with van der Waals surface area (Å²) in [5, 5.41) is 0. The molecule has 0 fully saturated rings. The first kappa shape index (κ1) is 14.9. The molecule has 0 bridgehead atoms. The zero-order valence-electron chi connectivity index (χ0n) is 10.1. The molecule has 1 aromatic rings. The molecule has 1 aliphatic heterocycles. The number of alkyl halides is 3. The van der Waals surface area contributed by atoms with Crippen molar-refractivity contribution in [2.45, 2.75) is 18.5 Å². The number of fused-ring (bicyclic) bond motifs is 1. The first-order valence-corrected chi connectivity index (χ1v) is 7.05. The standard InChI is InChI=1S/C11H11F3O5S/c12-11(13,14)20(15,16)19-7-8-2-3-9-10(6-8)18-5-1-4-17-9/h2-3,6H,1,4-5,7H2. The molecule has 0 unspecified atom stereocenters. The third-order valence-corrected chi connectivity index (χ3v) is 3.47. The molecule has 9 heteroatoms. The number of rotatable bonds is 3. The molecule has 0 aromatic heterocycles. The molecule has 0 amide bonds. The third kappa shape index (κ3) is 3.34. The third-order valence-electron chi connectivity index (χ3n) is 2.48. The van der Waals surface area contributed by atoms with Crippen LogP contribution >= 0.6 is 0 Å². The summed E-state index contributed by atoms with van der Waals surface area (Å²) in [5.41, 5.74) is -5.19. The van der Waals surface area contributed by atoms with Crippen molar-refractivity contribution in [3.05, 3.63) is 23.8 Å². The van der Waals surface area contributed by atoms with Gasteiger partial charge in [0.25, 0.3) is 0 Å². The summed E-state index contributed by atoms with van der Waals surface area (Å²) in [7, 11) is -5.60. The van der Waals surface area contributed by atoms with Gasteiger partial charge in [0.1, 0.15) is 0 Å². The second-order valence-corrected chi connectivity index (χ2v) is 5.60. The molecule has 5 nitrogen and oxygen atoms in total. The number of hydrogen-bond donors (Lipinski definition) is 0. The highest BCUT2D eigenvalue weighted by Crippen LogP contribution is 2.31. The van der Waals surface area contributed by atoms with Crippen molar-refractivity contribution < 1.29 is 35.2 Å². The quantitative estimate of drug-likeness (QED) is 0.632. The van der Waals surface area contributed by atoms with Crippen LogP contribution in [0.25, 0.3) is 0 Å². The highest BCUT2D eigenvalue weighted by atomic mass is 32.2. The largest absolute Gasteiger partial charge is 0.523 e. The van der Waals surface area contributed by atoms with Gasteiger partial charge >= 0.3 is 15.6 Å². The summed E-state index contributed by atoms with van der Waals surface area (Å²) in [4.78, 5) is 0. The second-order valence-electron chi connectivity index (χ2n) is 3.99. The molecule has 1 heterocycles. The normalized spacial score (nSPS) is 15.8. The maximum absolute atomic E-state index is 12.1. The van der Waals surface area contributed by atoms with Crippen LogP contribution in [-0.2, 0) is 20.9 Å². The lowest BCUT2D eigenvalue weighted by Gasteiger charge is -2.11. The van der Waals surface area contributed by atoms with Crippen LogP contribution in [0.5, 0.6) is 11.5 Å². The SMILES string of the molecule is O=S(=O)(OCc1ccc2c(c1)OCCCO2)C(F)(F)F. The van der Waals surface area contributed by atoms with Gasteiger partial charge in [-0.15, -0.1) is 0 Å². The number of ether oxygens (including phenoxy) is 2. The summed E-state index contributed by atoms with van der Waals surface area (Å²) in [6.45, 7) is 0.169. The Bertz CT molecular complexity index is 582. The zero-order valence-corrected chi connectivity index (χ0v) is 11.0. The van der Waals surface area contributed by atoms with Crippen LogP contribution in [0.3, 0.4) is 0 Å². The van der Waals surface area contributed by atoms with Crippen LogP contribution in [0.2, 0.25) is 0 Å². The van der Waals surface area contributed by atoms with Crippen molar-refractivity contribution in [1.29, 1.82) is 0 Å². The zero-order chi connectivity index (χ0) is 14.8. The average molecular weight is 312 g/mol. The first-order valence-electron chi connectivity index (χ1n) is 5.64. The molecule has 112 valence electrons. The van der Waals surface area contributed by atoms with E-state index in [9.17, 15) is 21.6 Å². The van der Waals surface area contributed by atoms with Crippen LogP contribution in [0, 0.1) is 0 Å². The summed E-state index contributed by atoms with van der Waals surface area (Å²) in [6, 6.07) is 4.31. The maximum atomic E-state index is 12.1. The fourth-order valence-corrected chi connectivity index (χ4v) is 1.93. The molecule has 0 saturated carbocycles. The minimum atomic E-state index is -5.60. The van der Waals surface area contributed by atoms with Gasteiger partial charge in [-0.05, 0) is 17.7 Å². The molecule has 0 atom stereocenters. The summed E-state index contributed by atoms with van der Waals surface area (Å²) in [5.74, 6) is 0.818. The van der Waals surface area contributed by atoms with Crippen molar-refractivity contribution in [2.75, 3.05) is 13.2 Å². The summed E-state index contributed by atoms with van der Waals surface area (Å²) >= 11 is 0. The van der Waals surface area contributed by atoms with E-state index < -0.39 is 22.2 Å². The first-order chi connectivity index (χ1) is 9.29. The lowest BCUT2D eigenvalue weighted by atomic mass is 10.2. The molecular formula is C11H11F3O5S. The van der Waals surface area contributed by atoms with E-state index in [1.807, 2.05) is 0 Å². The molecule has 0 radical (unpaired) electrons. The summed E-state index contributed by atoms with van der Waals surface area (Å²) in [6.07, 6.45) is 0.683. The Morgan fingerprint density at radius 2 is 1.80 bits per heavy atom. The van der Waals surface area contributed by atoms with E-state index in [1.165, 1.54) is 18.2 Å². The smallest absolute Gasteiger partial charge is 0.490 e. The molecular weight excluding hydrogens is 301 g/mol. The lowest BCUT2D eigenvalue weighted by Crippen LogP contribution is -2.25. The van der Waals surface area contributed by atoms with E-state index in [-0.39, 0.29) is 5.56 Å². The van der Waals surface area contributed by atoms with Crippen molar-refractivity contribution >= 4 is 10.1 Å². The van der Waals surface area contributed by atoms with Crippen LogP contribution in [-0.4, -0.2) is 27.1 Å². The Labute approximate surface area is 113 Å². The van der Waals surface area contributed by atoms with E-state index >= 15 is 0 Å². The minimum absolute atomic E-state index is 0.238. The second kappa shape index (κ2) is 5.49. The molecule has 20 heavy (non-hydrogen) atoms. The van der Waals surface area contributed by atoms with Crippen LogP contribution in [0.4, 0.5) is 13.2 Å². The molecule has 1 aliphatic rings. The van der Waals surface area contributed by atoms with Crippen molar-refractivity contribution in [2.24, 2.45) is 0 Å². The molecule has 2 rings (SSSR count). The predicted octanol–water partition coefficient (Wildman–Crippen LogP) is 2.21. The fraction of sp³-hybridized carbons (Fsp3) is 0.455. The number of hydrogen-bond acceptors (Lipinski definition) is 5. The van der Waals surface area contributed by atoms with Gasteiger partial charge in [0, 0.05) is 6.42 Å². The van der Waals surface area contributed by atoms with Crippen LogP contribution in [0.1, 0.15) is 12.0 Å². The van der Waals surface area contributed by atoms with Gasteiger partial charge in [-0.1, -0.05) is 6.07 Å². The van der Waals surface area contributed by atoms with Gasteiger partial charge in [-0.3, -0.25) is 4.18 Å². The molecule has 1 aromatic carbocycles. The van der Waals surface area contributed by atoms with Crippen LogP contribution in [0.15, 0.2) is 18.2 Å². The van der Waals surface area contributed by atoms with Gasteiger partial charge in [-0.25, -0.2) is 0 Å². The van der Waals surface area contributed by atoms with Gasteiger partial charge in [0.2, 0.25) is 0 Å². The van der Waals surface area contributed by atoms with E-state index in [0.717, 1.165) is 0 Å². The Morgan fingerprint density at radius 3 is 2.45 bits per heavy atom. The summed E-state index contributed by atoms with van der Waals surface area (Å²) < 4.78 is 72.5. The Hall–Kier alpha value is -1.48. The Morgan fingerprint density at radius 1 is 1.15 bits per heavy atom. The molecule has 0 spiro atoms. The van der Waals surface area contributed by atoms with Gasteiger partial charge in [0.15, 0.2) is 11.5 Å². The molecule has 0 aliphatic carbocycles. The lowest BCUT2D eigenvalue weighted by molar-refractivity contribution is -0.0547. The van der Waals surface area contributed by atoms with Crippen LogP contribution < -0.4 is 9.47 Å². The van der Waals surface area contributed by atoms with E-state index in [4.69, 9.17) is 9.47 Å². The topological polar surface area (TPSA) is 61.8 Å². The fourth-order valence-electron chi connectivity index (χ4n) is 1.51. The molecule has 0 N–H and O–H groups in total. The predicted molar refractivity (Wildman–Crippen MR) is 61.8 cm³/mol. The van der Waals surface area contributed by atoms with E-state index in [2.05, 4.69) is 4.18 Å². The van der Waals surface area contributed by atoms with Gasteiger partial charge < -0.3 is 9.47 Å². The van der Waals surface area contributed by atoms with Crippen molar-refractivity contribution in [3.8, 4) is 11.5 Å². The van der Waals surface area contributed by atoms with E-state index in [1.54, 1.807) is 0 Å². The number of benzene rings is 1.